The van der Waals surface area contributed by atoms with Crippen LogP contribution in [0.5, 0.6) is 5.75 Å². The number of benzene rings is 2. The maximum absolute atomic E-state index is 15.5. The molecule has 3 N–H and O–H groups in total. The maximum atomic E-state index is 15.5. The lowest BCUT2D eigenvalue weighted by Gasteiger charge is -2.47. The molecular formula is C46H53ClFN9O7. The van der Waals surface area contributed by atoms with Crippen molar-refractivity contribution in [2.24, 2.45) is 0 Å². The van der Waals surface area contributed by atoms with Crippen molar-refractivity contribution in [3.05, 3.63) is 80.5 Å². The quantitative estimate of drug-likeness (QED) is 0.159. The van der Waals surface area contributed by atoms with E-state index < -0.39 is 11.9 Å². The van der Waals surface area contributed by atoms with Gasteiger partial charge >= 0.3 is 0 Å². The van der Waals surface area contributed by atoms with E-state index in [1.807, 2.05) is 38.1 Å². The number of imide groups is 1. The second-order valence-corrected chi connectivity index (χ2v) is 18.2. The van der Waals surface area contributed by atoms with E-state index in [0.717, 1.165) is 81.2 Å². The summed E-state index contributed by atoms with van der Waals surface area (Å²) in [5, 5.41) is 9.25. The predicted octanol–water partition coefficient (Wildman–Crippen LogP) is 5.19. The summed E-state index contributed by atoms with van der Waals surface area (Å²) in [7, 11) is 1.51. The average molecular weight is 898 g/mol. The highest BCUT2D eigenvalue weighted by molar-refractivity contribution is 6.33. The summed E-state index contributed by atoms with van der Waals surface area (Å²) >= 11 is 6.59. The van der Waals surface area contributed by atoms with E-state index in [1.54, 1.807) is 16.8 Å². The summed E-state index contributed by atoms with van der Waals surface area (Å²) in [6, 6.07) is 10.00. The number of carbonyl (C=O) groups is 4. The molecule has 64 heavy (non-hydrogen) atoms. The van der Waals surface area contributed by atoms with Crippen molar-refractivity contribution in [1.82, 2.24) is 35.0 Å². The SMILES string of the molecule is CNC(=O)COc1cc2cc(Nc3nc(N4CCC(O[C@H]5C[C@H](N6CCC(c7cc8c(cc7F)C(=O)N(C7CCC(=O)NC7=O)C8)CC6)C5)CC4)ncc3Cl)ccc2n(C(C)C)c1=O. The summed E-state index contributed by atoms with van der Waals surface area (Å²) < 4.78 is 29.4. The van der Waals surface area contributed by atoms with Crippen molar-refractivity contribution in [3.8, 4) is 5.75 Å². The van der Waals surface area contributed by atoms with Gasteiger partial charge in [0.15, 0.2) is 18.2 Å². The number of rotatable bonds is 12. The molecule has 0 spiro atoms. The molecule has 2 aromatic heterocycles. The monoisotopic (exact) mass is 897 g/mol. The first-order valence-electron chi connectivity index (χ1n) is 22.3. The van der Waals surface area contributed by atoms with Gasteiger partial charge in [0.1, 0.15) is 16.9 Å². The summed E-state index contributed by atoms with van der Waals surface area (Å²) in [6.45, 7) is 7.01. The van der Waals surface area contributed by atoms with Crippen LogP contribution in [0.15, 0.2) is 47.4 Å². The van der Waals surface area contributed by atoms with Gasteiger partial charge in [-0.05, 0) is 119 Å². The van der Waals surface area contributed by atoms with Crippen LogP contribution in [0.25, 0.3) is 10.9 Å². The highest BCUT2D eigenvalue weighted by Crippen LogP contribution is 2.39. The van der Waals surface area contributed by atoms with Gasteiger partial charge in [0.05, 0.1) is 23.9 Å². The molecule has 0 bridgehead atoms. The number of nitrogens with zero attached hydrogens (tertiary/aromatic N) is 6. The number of likely N-dealkylation sites (tertiary alicyclic amines) is 1. The Morgan fingerprint density at radius 3 is 2.47 bits per heavy atom. The van der Waals surface area contributed by atoms with Crippen LogP contribution >= 0.6 is 11.6 Å². The lowest BCUT2D eigenvalue weighted by Crippen LogP contribution is -2.52. The molecule has 3 saturated heterocycles. The molecule has 1 unspecified atom stereocenters. The summed E-state index contributed by atoms with van der Waals surface area (Å²) in [5.74, 6) is -0.721. The Hall–Kier alpha value is -5.65. The average Bonchev–Trinajstić information content (AvgIpc) is 3.58. The van der Waals surface area contributed by atoms with Gasteiger partial charge in [-0.1, -0.05) is 17.7 Å². The molecule has 9 rings (SSSR count). The van der Waals surface area contributed by atoms with E-state index in [9.17, 15) is 24.0 Å². The van der Waals surface area contributed by atoms with Gasteiger partial charge < -0.3 is 39.4 Å². The normalized spacial score (nSPS) is 22.2. The van der Waals surface area contributed by atoms with Gasteiger partial charge in [0, 0.05) is 61.8 Å². The van der Waals surface area contributed by atoms with Gasteiger partial charge in [-0.25, -0.2) is 9.37 Å². The predicted molar refractivity (Wildman–Crippen MR) is 238 cm³/mol. The molecule has 18 heteroatoms. The summed E-state index contributed by atoms with van der Waals surface area (Å²) in [4.78, 5) is 77.8. The Labute approximate surface area is 374 Å². The van der Waals surface area contributed by atoms with E-state index >= 15 is 4.39 Å². The third kappa shape index (κ3) is 8.76. The second-order valence-electron chi connectivity index (χ2n) is 17.8. The molecule has 1 saturated carbocycles. The highest BCUT2D eigenvalue weighted by Gasteiger charge is 2.41. The Balaban J connectivity index is 0.746. The Bertz CT molecular complexity index is 2550. The number of likely N-dealkylation sites (N-methyl/N-ethyl adjacent to an activating group) is 1. The molecule has 338 valence electrons. The van der Waals surface area contributed by atoms with Gasteiger partial charge in [-0.3, -0.25) is 29.3 Å². The number of carbonyl (C=O) groups excluding carboxylic acids is 4. The van der Waals surface area contributed by atoms with Gasteiger partial charge in [-0.15, -0.1) is 0 Å². The number of hydrogen-bond acceptors (Lipinski definition) is 12. The molecule has 6 heterocycles. The molecule has 16 nitrogen and oxygen atoms in total. The number of halogens is 2. The molecule has 4 fully saturated rings. The van der Waals surface area contributed by atoms with Crippen LogP contribution in [-0.4, -0.2) is 112 Å². The zero-order valence-electron chi connectivity index (χ0n) is 36.2. The number of aromatic nitrogens is 3. The van der Waals surface area contributed by atoms with Crippen LogP contribution in [0.3, 0.4) is 0 Å². The van der Waals surface area contributed by atoms with Crippen LogP contribution < -0.4 is 31.1 Å². The number of hydrogen-bond donors (Lipinski definition) is 3. The number of anilines is 3. The van der Waals surface area contributed by atoms with Crippen molar-refractivity contribution >= 4 is 63.6 Å². The van der Waals surface area contributed by atoms with Crippen molar-refractivity contribution in [1.29, 1.82) is 0 Å². The standard InChI is InChI=1S/C46H53ClFN9O7/c1-25(2)57-37-5-4-29(16-27(37)18-39(45(57)62)63-24-41(59)49-3)51-42-35(47)22-50-46(53-42)55-14-10-31(11-15-55)64-32-19-30(20-32)54-12-8-26(9-13-54)33-17-28-23-56(44(61)34(28)21-36(33)48)38-6-7-40(58)52-43(38)60/h4-5,16-18,21-22,25-26,30-32,38H,6-15,19-20,23-24H2,1-3H3,(H,49,59)(H,50,51,53)(H,52,58,60)/t30-,32-,38?. The van der Waals surface area contributed by atoms with Crippen LogP contribution in [-0.2, 0) is 25.7 Å². The minimum Gasteiger partial charge on any atom is -0.478 e. The van der Waals surface area contributed by atoms with Crippen LogP contribution in [0.1, 0.15) is 98.7 Å². The van der Waals surface area contributed by atoms with Crippen molar-refractivity contribution in [2.75, 3.05) is 50.1 Å². The highest BCUT2D eigenvalue weighted by atomic mass is 35.5. The fraction of sp³-hybridized carbons (Fsp3) is 0.500. The zero-order valence-corrected chi connectivity index (χ0v) is 37.0. The maximum Gasteiger partial charge on any atom is 0.293 e. The molecule has 4 aliphatic heterocycles. The van der Waals surface area contributed by atoms with E-state index in [4.69, 9.17) is 26.1 Å². The third-order valence-corrected chi connectivity index (χ3v) is 13.7. The smallest absolute Gasteiger partial charge is 0.293 e. The van der Waals surface area contributed by atoms with E-state index in [1.165, 1.54) is 18.0 Å². The molecule has 2 aromatic carbocycles. The van der Waals surface area contributed by atoms with Gasteiger partial charge in [-0.2, -0.15) is 4.98 Å². The van der Waals surface area contributed by atoms with Crippen LogP contribution in [0, 0.1) is 5.82 Å². The van der Waals surface area contributed by atoms with E-state index in [2.05, 4.69) is 30.7 Å². The summed E-state index contributed by atoms with van der Waals surface area (Å²) in [5.41, 5.74) is 2.80. The molecule has 4 aromatic rings. The van der Waals surface area contributed by atoms with E-state index in [-0.39, 0.29) is 85.0 Å². The second kappa shape index (κ2) is 18.1. The van der Waals surface area contributed by atoms with Crippen LogP contribution in [0.2, 0.25) is 5.02 Å². The van der Waals surface area contributed by atoms with Crippen molar-refractivity contribution < 1.29 is 33.0 Å². The number of nitrogens with one attached hydrogen (secondary N) is 3. The van der Waals surface area contributed by atoms with E-state index in [0.29, 0.717) is 39.6 Å². The molecule has 1 aliphatic carbocycles. The molecular weight excluding hydrogens is 845 g/mol. The number of piperidine rings is 3. The minimum atomic E-state index is -0.724. The lowest BCUT2D eigenvalue weighted by molar-refractivity contribution is -0.137. The molecule has 4 amide bonds. The fourth-order valence-corrected chi connectivity index (χ4v) is 10.0. The first-order valence-corrected chi connectivity index (χ1v) is 22.6. The fourth-order valence-electron chi connectivity index (χ4n) is 9.87. The van der Waals surface area contributed by atoms with Gasteiger partial charge in [0.2, 0.25) is 17.8 Å². The number of pyridine rings is 1. The molecule has 5 aliphatic rings. The largest absolute Gasteiger partial charge is 0.478 e. The van der Waals surface area contributed by atoms with Crippen molar-refractivity contribution in [3.63, 3.8) is 0 Å². The number of amides is 4. The van der Waals surface area contributed by atoms with Gasteiger partial charge in [0.25, 0.3) is 17.4 Å². The number of ether oxygens (including phenoxy) is 2. The Kier molecular flexibility index (Phi) is 12.3. The Morgan fingerprint density at radius 2 is 1.75 bits per heavy atom. The summed E-state index contributed by atoms with van der Waals surface area (Å²) in [6.07, 6.45) is 7.68. The zero-order chi connectivity index (χ0) is 44.8. The third-order valence-electron chi connectivity index (χ3n) is 13.5. The Morgan fingerprint density at radius 1 is 0.984 bits per heavy atom. The lowest BCUT2D eigenvalue weighted by atomic mass is 9.83. The van der Waals surface area contributed by atoms with Crippen LogP contribution in [0.4, 0.5) is 21.8 Å². The first kappa shape index (κ1) is 43.6. The first-order chi connectivity index (χ1) is 30.8. The topological polar surface area (TPSA) is 180 Å². The van der Waals surface area contributed by atoms with Crippen molar-refractivity contribution in [2.45, 2.75) is 108 Å². The molecule has 1 atom stereocenters. The molecule has 0 radical (unpaired) electrons. The number of fused-ring (bicyclic) bond motifs is 2. The minimum absolute atomic E-state index is 0.0531.